The Morgan fingerprint density at radius 2 is 0.871 bits per heavy atom. The predicted octanol–water partition coefficient (Wildman–Crippen LogP) is 20.2. The SMILES string of the molecule is Cc1cc(N(c2ccc3c(c2)C(C)(C)CCC3(C)C)c2cc3c(cc2-c2ccccc2)C(C)(C)CCC3(C)C)cc(N(c2ccc(C(C)(C)C)cc2)c2csc3cc4c(cc23)C(C)(C)CCC4(C)C)c1. The number of benzene rings is 6. The van der Waals surface area contributed by atoms with E-state index >= 15 is 0 Å². The van der Waals surface area contributed by atoms with Gasteiger partial charge in [0.2, 0.25) is 0 Å². The number of aryl methyl sites for hydroxylation is 1. The molecule has 7 aromatic rings. The van der Waals surface area contributed by atoms with Gasteiger partial charge < -0.3 is 9.80 Å². The molecular formula is C67H80N2S. The van der Waals surface area contributed by atoms with Crippen LogP contribution in [0.5, 0.6) is 0 Å². The third-order valence-electron chi connectivity index (χ3n) is 17.7. The molecule has 3 heteroatoms. The summed E-state index contributed by atoms with van der Waals surface area (Å²) in [5, 5.41) is 3.77. The summed E-state index contributed by atoms with van der Waals surface area (Å²) in [7, 11) is 0. The zero-order chi connectivity index (χ0) is 50.1. The highest BCUT2D eigenvalue weighted by molar-refractivity contribution is 7.17. The van der Waals surface area contributed by atoms with Crippen LogP contribution >= 0.6 is 11.3 Å². The maximum atomic E-state index is 2.64. The first-order valence-electron chi connectivity index (χ1n) is 26.5. The van der Waals surface area contributed by atoms with E-state index in [4.69, 9.17) is 0 Å². The molecule has 0 aliphatic heterocycles. The Hall–Kier alpha value is -5.12. The van der Waals surface area contributed by atoms with Crippen LogP contribution in [0.4, 0.5) is 34.1 Å². The quantitative estimate of drug-likeness (QED) is 0.157. The fourth-order valence-electron chi connectivity index (χ4n) is 12.6. The summed E-state index contributed by atoms with van der Waals surface area (Å²) >= 11 is 1.89. The van der Waals surface area contributed by atoms with Crippen LogP contribution in [0.15, 0.2) is 121 Å². The van der Waals surface area contributed by atoms with Crippen molar-refractivity contribution in [2.24, 2.45) is 0 Å². The maximum Gasteiger partial charge on any atom is 0.0647 e. The topological polar surface area (TPSA) is 6.48 Å². The Bertz CT molecular complexity index is 3140. The summed E-state index contributed by atoms with van der Waals surface area (Å²) in [6.45, 7) is 38.7. The number of fused-ring (bicyclic) bond motifs is 4. The molecule has 1 heterocycles. The number of thiophene rings is 1. The molecule has 364 valence electrons. The lowest BCUT2D eigenvalue weighted by Crippen LogP contribution is -2.34. The normalized spacial score (nSPS) is 19.2. The summed E-state index contributed by atoms with van der Waals surface area (Å²) in [6, 6.07) is 45.8. The van der Waals surface area contributed by atoms with E-state index in [1.165, 1.54) is 126 Å². The third-order valence-corrected chi connectivity index (χ3v) is 18.6. The van der Waals surface area contributed by atoms with Gasteiger partial charge in [0.05, 0.1) is 11.4 Å². The van der Waals surface area contributed by atoms with Gasteiger partial charge in [0, 0.05) is 43.8 Å². The molecule has 0 saturated heterocycles. The predicted molar refractivity (Wildman–Crippen MR) is 306 cm³/mol. The fraction of sp³-hybridized carbons (Fsp3) is 0.433. The Balaban J connectivity index is 1.27. The van der Waals surface area contributed by atoms with E-state index in [9.17, 15) is 0 Å². The molecule has 6 aromatic carbocycles. The lowest BCUT2D eigenvalue weighted by atomic mass is 9.62. The molecule has 0 amide bonds. The summed E-state index contributed by atoms with van der Waals surface area (Å²) < 4.78 is 1.36. The fourth-order valence-corrected chi connectivity index (χ4v) is 13.5. The molecule has 0 atom stereocenters. The average molecular weight is 945 g/mol. The van der Waals surface area contributed by atoms with E-state index in [2.05, 4.69) is 241 Å². The molecule has 0 spiro atoms. The van der Waals surface area contributed by atoms with Crippen LogP contribution < -0.4 is 9.80 Å². The van der Waals surface area contributed by atoms with Crippen molar-refractivity contribution in [3.05, 3.63) is 165 Å². The van der Waals surface area contributed by atoms with Gasteiger partial charge >= 0.3 is 0 Å². The lowest BCUT2D eigenvalue weighted by molar-refractivity contribution is 0.332. The van der Waals surface area contributed by atoms with E-state index in [0.29, 0.717) is 0 Å². The molecule has 0 unspecified atom stereocenters. The summed E-state index contributed by atoms with van der Waals surface area (Å²) in [6.07, 6.45) is 7.07. The highest BCUT2D eigenvalue weighted by atomic mass is 32.1. The molecular weight excluding hydrogens is 865 g/mol. The van der Waals surface area contributed by atoms with Crippen molar-refractivity contribution < 1.29 is 0 Å². The van der Waals surface area contributed by atoms with E-state index in [0.717, 1.165) is 12.8 Å². The first-order chi connectivity index (χ1) is 32.7. The number of rotatable bonds is 7. The Labute approximate surface area is 426 Å². The van der Waals surface area contributed by atoms with E-state index < -0.39 is 0 Å². The third kappa shape index (κ3) is 8.34. The van der Waals surface area contributed by atoms with E-state index in [1.807, 2.05) is 11.3 Å². The first kappa shape index (κ1) is 48.5. The van der Waals surface area contributed by atoms with Gasteiger partial charge in [-0.15, -0.1) is 11.3 Å². The van der Waals surface area contributed by atoms with Crippen LogP contribution in [-0.2, 0) is 37.9 Å². The molecule has 0 fully saturated rings. The van der Waals surface area contributed by atoms with E-state index in [-0.39, 0.29) is 37.9 Å². The van der Waals surface area contributed by atoms with E-state index in [1.54, 1.807) is 0 Å². The van der Waals surface area contributed by atoms with Crippen LogP contribution in [0.3, 0.4) is 0 Å². The second kappa shape index (κ2) is 16.5. The molecule has 3 aliphatic carbocycles. The largest absolute Gasteiger partial charge is 0.310 e. The Morgan fingerprint density at radius 1 is 0.414 bits per heavy atom. The van der Waals surface area contributed by atoms with Crippen molar-refractivity contribution in [2.75, 3.05) is 9.80 Å². The minimum atomic E-state index is 0.0269. The monoisotopic (exact) mass is 945 g/mol. The van der Waals surface area contributed by atoms with Crippen LogP contribution in [0, 0.1) is 6.92 Å². The van der Waals surface area contributed by atoms with Crippen LogP contribution in [0.2, 0.25) is 0 Å². The zero-order valence-electron chi connectivity index (χ0n) is 45.6. The van der Waals surface area contributed by atoms with Crippen LogP contribution in [0.1, 0.15) is 187 Å². The van der Waals surface area contributed by atoms with Crippen molar-refractivity contribution in [1.29, 1.82) is 0 Å². The summed E-state index contributed by atoms with van der Waals surface area (Å²) in [5.74, 6) is 0. The van der Waals surface area contributed by atoms with Crippen molar-refractivity contribution in [2.45, 2.75) is 187 Å². The molecule has 0 bridgehead atoms. The molecule has 3 aliphatic rings. The Kier molecular flexibility index (Phi) is 11.4. The molecule has 70 heavy (non-hydrogen) atoms. The molecule has 1 aromatic heterocycles. The van der Waals surface area contributed by atoms with Gasteiger partial charge in [0.1, 0.15) is 0 Å². The van der Waals surface area contributed by atoms with Crippen LogP contribution in [0.25, 0.3) is 21.2 Å². The van der Waals surface area contributed by atoms with Crippen LogP contribution in [-0.4, -0.2) is 0 Å². The van der Waals surface area contributed by atoms with Crippen molar-refractivity contribution in [1.82, 2.24) is 0 Å². The smallest absolute Gasteiger partial charge is 0.0647 e. The first-order valence-corrected chi connectivity index (χ1v) is 27.3. The second-order valence-corrected chi connectivity index (χ2v) is 27.7. The summed E-state index contributed by atoms with van der Waals surface area (Å²) in [5.41, 5.74) is 21.7. The number of nitrogens with zero attached hydrogens (tertiary/aromatic N) is 2. The van der Waals surface area contributed by atoms with Crippen molar-refractivity contribution in [3.8, 4) is 11.1 Å². The van der Waals surface area contributed by atoms with Crippen molar-refractivity contribution in [3.63, 3.8) is 0 Å². The molecule has 10 rings (SSSR count). The molecule has 2 nitrogen and oxygen atoms in total. The van der Waals surface area contributed by atoms with Gasteiger partial charge in [0.25, 0.3) is 0 Å². The highest BCUT2D eigenvalue weighted by Crippen LogP contribution is 2.55. The minimum absolute atomic E-state index is 0.0269. The zero-order valence-corrected chi connectivity index (χ0v) is 46.4. The van der Waals surface area contributed by atoms with Gasteiger partial charge in [0.15, 0.2) is 0 Å². The molecule has 0 saturated carbocycles. The van der Waals surface area contributed by atoms with Gasteiger partial charge in [-0.1, -0.05) is 152 Å². The number of anilines is 6. The minimum Gasteiger partial charge on any atom is -0.310 e. The second-order valence-electron chi connectivity index (χ2n) is 26.8. The van der Waals surface area contributed by atoms with Gasteiger partial charge in [-0.2, -0.15) is 0 Å². The average Bonchev–Trinajstić information content (AvgIpc) is 3.71. The molecule has 0 radical (unpaired) electrons. The van der Waals surface area contributed by atoms with Crippen molar-refractivity contribution >= 4 is 55.5 Å². The maximum absolute atomic E-state index is 2.64. The van der Waals surface area contributed by atoms with Gasteiger partial charge in [-0.05, 0) is 200 Å². The number of hydrogen-bond acceptors (Lipinski definition) is 3. The summed E-state index contributed by atoms with van der Waals surface area (Å²) in [4.78, 5) is 5.21. The molecule has 0 N–H and O–H groups in total. The number of hydrogen-bond donors (Lipinski definition) is 0. The van der Waals surface area contributed by atoms with Gasteiger partial charge in [-0.3, -0.25) is 0 Å². The lowest BCUT2D eigenvalue weighted by Gasteiger charge is -2.44. The Morgan fingerprint density at radius 3 is 1.41 bits per heavy atom. The highest BCUT2D eigenvalue weighted by Gasteiger charge is 2.41. The van der Waals surface area contributed by atoms with Gasteiger partial charge in [-0.25, -0.2) is 0 Å². The standard InChI is InChI=1S/C67H80N2S/c1-43-34-48(68(46-24-22-45(23-25-46)61(2,3)4)59-42-70-60-41-57-55(39-51(59)60)65(11,12)31-33-67(57,15)16)36-49(35-43)69(47-26-27-52-53(37-47)63(7,8)29-28-62(52,5)6)58-40-56-54(64(9,10)30-32-66(56,13)14)38-50(58)44-20-18-17-19-21-44/h17-27,34-42H,28-33H2,1-16H3.